The van der Waals surface area contributed by atoms with Gasteiger partial charge in [-0.3, -0.25) is 4.68 Å². The standard InChI is InChI=1S/C21H24N2O4/c1-23-20-16(13-22-23)9-14(10-17(20)24-2)7-6-8-15-11-18(25-3)21(27-5)19(12-15)26-4/h6,8-13H,7H2,1-5H3/b8-6+. The normalized spacial score (nSPS) is 11.1. The Morgan fingerprint density at radius 2 is 1.56 bits per heavy atom. The van der Waals surface area contributed by atoms with Gasteiger partial charge in [0.25, 0.3) is 0 Å². The number of hydrogen-bond donors (Lipinski definition) is 0. The van der Waals surface area contributed by atoms with Crippen molar-refractivity contribution in [1.29, 1.82) is 0 Å². The van der Waals surface area contributed by atoms with E-state index in [0.717, 1.165) is 34.2 Å². The van der Waals surface area contributed by atoms with E-state index in [-0.39, 0.29) is 0 Å². The average molecular weight is 368 g/mol. The van der Waals surface area contributed by atoms with E-state index in [4.69, 9.17) is 18.9 Å². The van der Waals surface area contributed by atoms with Gasteiger partial charge >= 0.3 is 0 Å². The van der Waals surface area contributed by atoms with Gasteiger partial charge in [0.15, 0.2) is 11.5 Å². The molecule has 0 saturated carbocycles. The molecule has 2 aromatic carbocycles. The predicted molar refractivity (Wildman–Crippen MR) is 106 cm³/mol. The minimum atomic E-state index is 0.587. The maximum atomic E-state index is 5.53. The van der Waals surface area contributed by atoms with E-state index in [0.29, 0.717) is 17.2 Å². The first-order chi connectivity index (χ1) is 13.1. The van der Waals surface area contributed by atoms with Crippen LogP contribution in [0, 0.1) is 0 Å². The summed E-state index contributed by atoms with van der Waals surface area (Å²) >= 11 is 0. The maximum absolute atomic E-state index is 5.53. The third kappa shape index (κ3) is 3.69. The van der Waals surface area contributed by atoms with Crippen molar-refractivity contribution in [3.05, 3.63) is 47.7 Å². The lowest BCUT2D eigenvalue weighted by atomic mass is 10.1. The minimum Gasteiger partial charge on any atom is -0.494 e. The van der Waals surface area contributed by atoms with Crippen LogP contribution in [0.15, 0.2) is 36.5 Å². The van der Waals surface area contributed by atoms with Gasteiger partial charge in [0, 0.05) is 12.4 Å². The zero-order valence-corrected chi connectivity index (χ0v) is 16.3. The first-order valence-corrected chi connectivity index (χ1v) is 8.56. The molecule has 0 saturated heterocycles. The van der Waals surface area contributed by atoms with Crippen molar-refractivity contribution in [1.82, 2.24) is 9.78 Å². The molecule has 0 atom stereocenters. The van der Waals surface area contributed by atoms with Gasteiger partial charge in [0.2, 0.25) is 5.75 Å². The largest absolute Gasteiger partial charge is 0.494 e. The van der Waals surface area contributed by atoms with Crippen LogP contribution < -0.4 is 18.9 Å². The van der Waals surface area contributed by atoms with Crippen molar-refractivity contribution < 1.29 is 18.9 Å². The van der Waals surface area contributed by atoms with E-state index >= 15 is 0 Å². The number of aromatic nitrogens is 2. The summed E-state index contributed by atoms with van der Waals surface area (Å²) in [5.74, 6) is 2.68. The molecule has 0 aliphatic heterocycles. The van der Waals surface area contributed by atoms with E-state index < -0.39 is 0 Å². The lowest BCUT2D eigenvalue weighted by molar-refractivity contribution is 0.324. The highest BCUT2D eigenvalue weighted by Crippen LogP contribution is 2.38. The Hall–Kier alpha value is -3.15. The minimum absolute atomic E-state index is 0.587. The van der Waals surface area contributed by atoms with Crippen LogP contribution in [0.3, 0.4) is 0 Å². The molecule has 1 aromatic heterocycles. The Bertz CT molecular complexity index is 951. The third-order valence-corrected chi connectivity index (χ3v) is 4.43. The smallest absolute Gasteiger partial charge is 0.203 e. The average Bonchev–Trinajstić information content (AvgIpc) is 3.07. The fraction of sp³-hybridized carbons (Fsp3) is 0.286. The molecule has 0 aliphatic rings. The second-order valence-electron chi connectivity index (χ2n) is 6.07. The number of rotatable bonds is 7. The summed E-state index contributed by atoms with van der Waals surface area (Å²) < 4.78 is 23.5. The number of aryl methyl sites for hydroxylation is 1. The first kappa shape index (κ1) is 18.6. The Kier molecular flexibility index (Phi) is 5.54. The van der Waals surface area contributed by atoms with Gasteiger partial charge in [-0.1, -0.05) is 12.2 Å². The number of methoxy groups -OCH3 is 4. The molecular weight excluding hydrogens is 344 g/mol. The molecule has 0 aliphatic carbocycles. The zero-order valence-electron chi connectivity index (χ0n) is 16.3. The quantitative estimate of drug-likeness (QED) is 0.634. The molecule has 0 N–H and O–H groups in total. The van der Waals surface area contributed by atoms with E-state index in [1.54, 1.807) is 28.4 Å². The highest BCUT2D eigenvalue weighted by atomic mass is 16.5. The maximum Gasteiger partial charge on any atom is 0.203 e. The Morgan fingerprint density at radius 1 is 0.889 bits per heavy atom. The molecule has 142 valence electrons. The van der Waals surface area contributed by atoms with Gasteiger partial charge in [-0.15, -0.1) is 0 Å². The molecule has 0 fully saturated rings. The third-order valence-electron chi connectivity index (χ3n) is 4.43. The van der Waals surface area contributed by atoms with Gasteiger partial charge in [0.1, 0.15) is 11.3 Å². The second-order valence-corrected chi connectivity index (χ2v) is 6.07. The Labute approximate surface area is 158 Å². The molecule has 0 unspecified atom stereocenters. The molecular formula is C21H24N2O4. The monoisotopic (exact) mass is 368 g/mol. The number of hydrogen-bond acceptors (Lipinski definition) is 5. The highest BCUT2D eigenvalue weighted by molar-refractivity contribution is 5.85. The molecule has 6 heteroatoms. The second kappa shape index (κ2) is 8.03. The van der Waals surface area contributed by atoms with Crippen LogP contribution >= 0.6 is 0 Å². The SMILES string of the molecule is COc1cc(/C=C/Cc2cc(OC)c3c(cnn3C)c2)cc(OC)c1OC. The Balaban J connectivity index is 1.86. The van der Waals surface area contributed by atoms with Crippen molar-refractivity contribution in [3.63, 3.8) is 0 Å². The van der Waals surface area contributed by atoms with E-state index in [2.05, 4.69) is 17.2 Å². The van der Waals surface area contributed by atoms with Crippen molar-refractivity contribution in [2.24, 2.45) is 7.05 Å². The molecule has 27 heavy (non-hydrogen) atoms. The van der Waals surface area contributed by atoms with Gasteiger partial charge < -0.3 is 18.9 Å². The molecule has 3 rings (SSSR count). The molecule has 0 amide bonds. The van der Waals surface area contributed by atoms with Crippen molar-refractivity contribution in [2.45, 2.75) is 6.42 Å². The molecule has 0 radical (unpaired) electrons. The number of allylic oxidation sites excluding steroid dienone is 1. The van der Waals surface area contributed by atoms with Crippen LogP contribution in [-0.2, 0) is 13.5 Å². The van der Waals surface area contributed by atoms with Crippen LogP contribution in [0.1, 0.15) is 11.1 Å². The van der Waals surface area contributed by atoms with E-state index in [9.17, 15) is 0 Å². The van der Waals surface area contributed by atoms with E-state index in [1.807, 2.05) is 42.2 Å². The van der Waals surface area contributed by atoms with Gasteiger partial charge in [-0.25, -0.2) is 0 Å². The van der Waals surface area contributed by atoms with Crippen LogP contribution in [0.25, 0.3) is 17.0 Å². The number of ether oxygens (including phenoxy) is 4. The van der Waals surface area contributed by atoms with Crippen LogP contribution in [0.5, 0.6) is 23.0 Å². The fourth-order valence-corrected chi connectivity index (χ4v) is 3.14. The number of fused-ring (bicyclic) bond motifs is 1. The van der Waals surface area contributed by atoms with Crippen LogP contribution in [-0.4, -0.2) is 38.2 Å². The van der Waals surface area contributed by atoms with E-state index in [1.165, 1.54) is 0 Å². The molecule has 0 bridgehead atoms. The molecule has 6 nitrogen and oxygen atoms in total. The van der Waals surface area contributed by atoms with Crippen molar-refractivity contribution >= 4 is 17.0 Å². The first-order valence-electron chi connectivity index (χ1n) is 8.56. The van der Waals surface area contributed by atoms with Crippen LogP contribution in [0.2, 0.25) is 0 Å². The van der Waals surface area contributed by atoms with Crippen molar-refractivity contribution in [3.8, 4) is 23.0 Å². The summed E-state index contributed by atoms with van der Waals surface area (Å²) in [4.78, 5) is 0. The Morgan fingerprint density at radius 3 is 2.15 bits per heavy atom. The lowest BCUT2D eigenvalue weighted by Crippen LogP contribution is -1.95. The summed E-state index contributed by atoms with van der Waals surface area (Å²) in [6, 6.07) is 8.01. The number of benzene rings is 2. The molecule has 0 spiro atoms. The highest BCUT2D eigenvalue weighted by Gasteiger charge is 2.12. The van der Waals surface area contributed by atoms with Crippen molar-refractivity contribution in [2.75, 3.05) is 28.4 Å². The zero-order chi connectivity index (χ0) is 19.4. The summed E-state index contributed by atoms with van der Waals surface area (Å²) in [7, 11) is 8.41. The summed E-state index contributed by atoms with van der Waals surface area (Å²) in [5, 5.41) is 5.37. The van der Waals surface area contributed by atoms with Crippen LogP contribution in [0.4, 0.5) is 0 Å². The molecule has 3 aromatic rings. The molecule has 1 heterocycles. The fourth-order valence-electron chi connectivity index (χ4n) is 3.14. The van der Waals surface area contributed by atoms with Gasteiger partial charge in [0.05, 0.1) is 34.6 Å². The number of nitrogens with zero attached hydrogens (tertiary/aromatic N) is 2. The lowest BCUT2D eigenvalue weighted by Gasteiger charge is -2.12. The predicted octanol–water partition coefficient (Wildman–Crippen LogP) is 3.86. The summed E-state index contributed by atoms with van der Waals surface area (Å²) in [5.41, 5.74) is 3.12. The van der Waals surface area contributed by atoms with Gasteiger partial charge in [-0.05, 0) is 41.8 Å². The topological polar surface area (TPSA) is 54.7 Å². The summed E-state index contributed by atoms with van der Waals surface area (Å²) in [6.07, 6.45) is 6.74. The van der Waals surface area contributed by atoms with Gasteiger partial charge in [-0.2, -0.15) is 5.10 Å². The summed E-state index contributed by atoms with van der Waals surface area (Å²) in [6.45, 7) is 0.